The molecule has 7 nitrogen and oxygen atoms in total. The number of amides is 2. The number of ether oxygens (including phenoxy) is 1. The van der Waals surface area contributed by atoms with Crippen molar-refractivity contribution in [1.29, 1.82) is 0 Å². The van der Waals surface area contributed by atoms with Crippen LogP contribution in [0.1, 0.15) is 43.5 Å². The Balaban J connectivity index is 1.44. The first kappa shape index (κ1) is 24.0. The predicted molar refractivity (Wildman–Crippen MR) is 147 cm³/mol. The molecule has 2 aromatic heterocycles. The maximum atomic E-state index is 13.7. The zero-order valence-electron chi connectivity index (χ0n) is 21.8. The van der Waals surface area contributed by atoms with Gasteiger partial charge in [0.15, 0.2) is 0 Å². The van der Waals surface area contributed by atoms with Gasteiger partial charge in [-0.25, -0.2) is 0 Å². The molecule has 6 rings (SSSR count). The van der Waals surface area contributed by atoms with Crippen molar-refractivity contribution >= 4 is 28.4 Å². The molecule has 4 aromatic rings. The summed E-state index contributed by atoms with van der Waals surface area (Å²) in [5, 5.41) is 4.65. The van der Waals surface area contributed by atoms with Crippen molar-refractivity contribution in [3.63, 3.8) is 0 Å². The Hall–Kier alpha value is -4.39. The highest BCUT2D eigenvalue weighted by Crippen LogP contribution is 2.46. The Morgan fingerprint density at radius 1 is 1.11 bits per heavy atom. The van der Waals surface area contributed by atoms with E-state index in [1.807, 2.05) is 54.6 Å². The number of carbonyl (C=O) groups excluding carboxylic acids is 2. The van der Waals surface area contributed by atoms with Gasteiger partial charge in [0.1, 0.15) is 12.4 Å². The van der Waals surface area contributed by atoms with Crippen LogP contribution in [0.4, 0.5) is 5.69 Å². The van der Waals surface area contributed by atoms with Crippen LogP contribution in [0.25, 0.3) is 10.9 Å². The standard InChI is InChI=1S/C31H30N4O3/c1-19(2)15-34-16-24-28(21-10-12-23(13-11-21)38-18-22-7-4-5-14-32-22)30-26(17-35(20(3)36)31(30)37)33-25-8-6-9-27(34)29(24)25/h4-14,16,19,28,33H,15,17-18H2,1-3H3/t28-/m1/s1. The first-order chi connectivity index (χ1) is 18.4. The molecule has 0 aliphatic carbocycles. The van der Waals surface area contributed by atoms with Gasteiger partial charge in [-0.2, -0.15) is 0 Å². The molecule has 4 heterocycles. The Kier molecular flexibility index (Phi) is 5.98. The molecule has 1 atom stereocenters. The molecule has 2 aliphatic heterocycles. The monoisotopic (exact) mass is 506 g/mol. The number of nitrogens with one attached hydrogen (secondary N) is 1. The highest BCUT2D eigenvalue weighted by Gasteiger charge is 2.41. The molecule has 0 spiro atoms. The van der Waals surface area contributed by atoms with Crippen LogP contribution in [0.2, 0.25) is 0 Å². The number of hydrogen-bond donors (Lipinski definition) is 1. The fourth-order valence-electron chi connectivity index (χ4n) is 5.56. The lowest BCUT2D eigenvalue weighted by molar-refractivity contribution is -0.139. The molecule has 0 saturated carbocycles. The zero-order chi connectivity index (χ0) is 26.4. The first-order valence-corrected chi connectivity index (χ1v) is 13.0. The summed E-state index contributed by atoms with van der Waals surface area (Å²) in [6.07, 6.45) is 3.94. The Morgan fingerprint density at radius 2 is 1.92 bits per heavy atom. The van der Waals surface area contributed by atoms with Crippen molar-refractivity contribution in [2.75, 3.05) is 11.9 Å². The number of aromatic nitrogens is 2. The third-order valence-corrected chi connectivity index (χ3v) is 7.21. The number of pyridine rings is 1. The smallest absolute Gasteiger partial charge is 0.259 e. The van der Waals surface area contributed by atoms with Crippen LogP contribution in [-0.4, -0.2) is 32.8 Å². The number of imide groups is 1. The molecule has 2 amide bonds. The van der Waals surface area contributed by atoms with Gasteiger partial charge in [-0.15, -0.1) is 0 Å². The van der Waals surface area contributed by atoms with E-state index < -0.39 is 0 Å². The van der Waals surface area contributed by atoms with Crippen molar-refractivity contribution in [3.8, 4) is 5.75 Å². The fraction of sp³-hybridized carbons (Fsp3) is 0.258. The number of anilines is 1. The molecule has 0 saturated heterocycles. The summed E-state index contributed by atoms with van der Waals surface area (Å²) in [5.41, 5.74) is 6.40. The summed E-state index contributed by atoms with van der Waals surface area (Å²) in [6.45, 7) is 7.34. The maximum Gasteiger partial charge on any atom is 0.259 e. The summed E-state index contributed by atoms with van der Waals surface area (Å²) in [5.74, 6) is 0.379. The van der Waals surface area contributed by atoms with Gasteiger partial charge in [-0.1, -0.05) is 38.1 Å². The molecule has 38 heavy (non-hydrogen) atoms. The van der Waals surface area contributed by atoms with E-state index in [1.54, 1.807) is 6.20 Å². The topological polar surface area (TPSA) is 76.5 Å². The molecular weight excluding hydrogens is 476 g/mol. The van der Waals surface area contributed by atoms with Crippen LogP contribution >= 0.6 is 0 Å². The van der Waals surface area contributed by atoms with Crippen LogP contribution < -0.4 is 10.1 Å². The predicted octanol–water partition coefficient (Wildman–Crippen LogP) is 5.47. The van der Waals surface area contributed by atoms with E-state index in [1.165, 1.54) is 11.8 Å². The van der Waals surface area contributed by atoms with Crippen molar-refractivity contribution in [3.05, 3.63) is 101 Å². The lowest BCUT2D eigenvalue weighted by Gasteiger charge is -2.20. The van der Waals surface area contributed by atoms with Gasteiger partial charge in [0.05, 0.1) is 23.3 Å². The highest BCUT2D eigenvalue weighted by molar-refractivity contribution is 6.11. The van der Waals surface area contributed by atoms with Crippen molar-refractivity contribution in [2.24, 2.45) is 5.92 Å². The average Bonchev–Trinajstić information content (AvgIpc) is 3.38. The third kappa shape index (κ3) is 4.14. The average molecular weight is 507 g/mol. The van der Waals surface area contributed by atoms with Gasteiger partial charge < -0.3 is 14.6 Å². The minimum atomic E-state index is -0.321. The second kappa shape index (κ2) is 9.49. The molecule has 7 heteroatoms. The van der Waals surface area contributed by atoms with E-state index in [-0.39, 0.29) is 24.3 Å². The van der Waals surface area contributed by atoms with Gasteiger partial charge in [0, 0.05) is 48.6 Å². The first-order valence-electron chi connectivity index (χ1n) is 13.0. The van der Waals surface area contributed by atoms with E-state index in [4.69, 9.17) is 4.74 Å². The van der Waals surface area contributed by atoms with Crippen molar-refractivity contribution < 1.29 is 14.3 Å². The Labute approximate surface area is 221 Å². The van der Waals surface area contributed by atoms with Crippen LogP contribution in [0.5, 0.6) is 5.75 Å². The number of benzene rings is 2. The van der Waals surface area contributed by atoms with Crippen molar-refractivity contribution in [1.82, 2.24) is 14.5 Å². The number of rotatable bonds is 6. The van der Waals surface area contributed by atoms with Gasteiger partial charge >= 0.3 is 0 Å². The molecule has 0 bridgehead atoms. The molecular formula is C31H30N4O3. The summed E-state index contributed by atoms with van der Waals surface area (Å²) in [6, 6.07) is 19.9. The van der Waals surface area contributed by atoms with E-state index in [0.29, 0.717) is 18.1 Å². The Bertz CT molecular complexity index is 1570. The summed E-state index contributed by atoms with van der Waals surface area (Å²) in [4.78, 5) is 31.7. The van der Waals surface area contributed by atoms with E-state index in [9.17, 15) is 9.59 Å². The molecule has 0 unspecified atom stereocenters. The van der Waals surface area contributed by atoms with Gasteiger partial charge in [-0.3, -0.25) is 19.5 Å². The second-order valence-electron chi connectivity index (χ2n) is 10.4. The number of hydrogen-bond acceptors (Lipinski definition) is 5. The van der Waals surface area contributed by atoms with Crippen LogP contribution in [0.15, 0.2) is 84.3 Å². The minimum Gasteiger partial charge on any atom is -0.487 e. The van der Waals surface area contributed by atoms with Gasteiger partial charge in [-0.05, 0) is 53.4 Å². The molecule has 0 fully saturated rings. The molecule has 2 aliphatic rings. The minimum absolute atomic E-state index is 0.238. The van der Waals surface area contributed by atoms with Crippen LogP contribution in [0.3, 0.4) is 0 Å². The molecule has 0 radical (unpaired) electrons. The van der Waals surface area contributed by atoms with E-state index in [2.05, 4.69) is 41.0 Å². The van der Waals surface area contributed by atoms with Crippen LogP contribution in [-0.2, 0) is 22.7 Å². The lowest BCUT2D eigenvalue weighted by atomic mass is 9.84. The number of carbonyl (C=O) groups is 2. The molecule has 1 N–H and O–H groups in total. The van der Waals surface area contributed by atoms with E-state index >= 15 is 0 Å². The zero-order valence-corrected chi connectivity index (χ0v) is 21.8. The molecule has 192 valence electrons. The second-order valence-corrected chi connectivity index (χ2v) is 10.4. The van der Waals surface area contributed by atoms with Gasteiger partial charge in [0.2, 0.25) is 5.91 Å². The summed E-state index contributed by atoms with van der Waals surface area (Å²) < 4.78 is 8.25. The largest absolute Gasteiger partial charge is 0.487 e. The normalized spacial score (nSPS) is 16.6. The summed E-state index contributed by atoms with van der Waals surface area (Å²) in [7, 11) is 0. The lowest BCUT2D eigenvalue weighted by Crippen LogP contribution is -2.33. The molecule has 2 aromatic carbocycles. The van der Waals surface area contributed by atoms with Crippen molar-refractivity contribution in [2.45, 2.75) is 39.8 Å². The quantitative estimate of drug-likeness (QED) is 0.375. The Morgan fingerprint density at radius 3 is 2.63 bits per heavy atom. The summed E-state index contributed by atoms with van der Waals surface area (Å²) >= 11 is 0. The van der Waals surface area contributed by atoms with Crippen LogP contribution in [0, 0.1) is 5.92 Å². The SMILES string of the molecule is CC(=O)N1CC2=C(C1=O)[C@H](c1ccc(OCc3ccccn3)cc1)c1cn(CC(C)C)c3cccc(c13)N2. The fourth-order valence-corrected chi connectivity index (χ4v) is 5.56. The third-order valence-electron chi connectivity index (χ3n) is 7.21. The highest BCUT2D eigenvalue weighted by atomic mass is 16.5. The van der Waals surface area contributed by atoms with Gasteiger partial charge in [0.25, 0.3) is 5.91 Å². The number of nitrogens with zero attached hydrogens (tertiary/aromatic N) is 3. The maximum absolute atomic E-state index is 13.7. The van der Waals surface area contributed by atoms with E-state index in [0.717, 1.165) is 51.4 Å².